The summed E-state index contributed by atoms with van der Waals surface area (Å²) in [5, 5.41) is 23.2. The van der Waals surface area contributed by atoms with Crippen LogP contribution in [-0.2, 0) is 4.74 Å². The topological polar surface area (TPSA) is 93.5 Å². The average Bonchev–Trinajstić information content (AvgIpc) is 3.13. The van der Waals surface area contributed by atoms with Crippen molar-refractivity contribution in [1.29, 1.82) is 5.26 Å². The van der Waals surface area contributed by atoms with Gasteiger partial charge in [0, 0.05) is 6.54 Å². The molecule has 3 aliphatic heterocycles. The van der Waals surface area contributed by atoms with Gasteiger partial charge in [-0.05, 0) is 63.3 Å². The van der Waals surface area contributed by atoms with Gasteiger partial charge in [0.25, 0.3) is 0 Å². The molecule has 1 fully saturated rings. The van der Waals surface area contributed by atoms with E-state index in [4.69, 9.17) is 4.74 Å². The Balaban J connectivity index is 1.45. The Morgan fingerprint density at radius 1 is 1.37 bits per heavy atom. The first-order valence-corrected chi connectivity index (χ1v) is 9.69. The monoisotopic (exact) mass is 366 g/mol. The van der Waals surface area contributed by atoms with Gasteiger partial charge in [-0.25, -0.2) is 4.99 Å². The van der Waals surface area contributed by atoms with Crippen molar-refractivity contribution in [3.05, 3.63) is 46.3 Å². The van der Waals surface area contributed by atoms with Gasteiger partial charge in [-0.1, -0.05) is 6.08 Å². The number of rotatable bonds is 3. The first-order chi connectivity index (χ1) is 13.2. The van der Waals surface area contributed by atoms with Gasteiger partial charge in [-0.15, -0.1) is 0 Å². The van der Waals surface area contributed by atoms with E-state index < -0.39 is 0 Å². The van der Waals surface area contributed by atoms with E-state index in [9.17, 15) is 5.26 Å². The number of aliphatic imine (C=N–C) groups is 1. The maximum atomic E-state index is 9.80. The molecule has 0 aromatic heterocycles. The van der Waals surface area contributed by atoms with Crippen molar-refractivity contribution < 1.29 is 4.74 Å². The van der Waals surface area contributed by atoms with Gasteiger partial charge in [-0.2, -0.15) is 5.26 Å². The third-order valence-corrected chi connectivity index (χ3v) is 5.35. The number of ether oxygens (including phenoxy) is 1. The molecule has 0 radical (unpaired) electrons. The van der Waals surface area contributed by atoms with Gasteiger partial charge in [-0.3, -0.25) is 0 Å². The average molecular weight is 366 g/mol. The van der Waals surface area contributed by atoms with E-state index in [1.165, 1.54) is 12.8 Å². The minimum absolute atomic E-state index is 0.492. The van der Waals surface area contributed by atoms with Crippen molar-refractivity contribution in [2.24, 2.45) is 10.9 Å². The first kappa shape index (κ1) is 17.7. The molecule has 0 atom stereocenters. The second-order valence-corrected chi connectivity index (χ2v) is 7.35. The van der Waals surface area contributed by atoms with Gasteiger partial charge in [0.05, 0.1) is 17.9 Å². The molecule has 4 N–H and O–H groups in total. The summed E-state index contributed by atoms with van der Waals surface area (Å²) in [5.41, 5.74) is 3.35. The molecule has 0 bridgehead atoms. The predicted octanol–water partition coefficient (Wildman–Crippen LogP) is 1.73. The molecule has 0 amide bonds. The van der Waals surface area contributed by atoms with Crippen LogP contribution in [0.3, 0.4) is 0 Å². The minimum atomic E-state index is 0.492. The fourth-order valence-electron chi connectivity index (χ4n) is 3.71. The SMILES string of the molecule is CC1=C(/C(C#N)=C2/NC3=C(C=CCC3)O2)NC(NCC2CCNCC2)=NC1. The highest BCUT2D eigenvalue weighted by Gasteiger charge is 2.27. The Labute approximate surface area is 159 Å². The Morgan fingerprint density at radius 3 is 3.00 bits per heavy atom. The summed E-state index contributed by atoms with van der Waals surface area (Å²) in [4.78, 5) is 4.57. The molecule has 0 spiro atoms. The highest BCUT2D eigenvalue weighted by atomic mass is 16.5. The number of nitrogens with zero attached hydrogens (tertiary/aromatic N) is 2. The van der Waals surface area contributed by atoms with Crippen molar-refractivity contribution in [2.75, 3.05) is 26.2 Å². The highest BCUT2D eigenvalue weighted by molar-refractivity contribution is 5.84. The lowest BCUT2D eigenvalue weighted by Crippen LogP contribution is -2.44. The van der Waals surface area contributed by atoms with Gasteiger partial charge in [0.15, 0.2) is 5.96 Å². The second-order valence-electron chi connectivity index (χ2n) is 7.35. The van der Waals surface area contributed by atoms with Crippen molar-refractivity contribution in [1.82, 2.24) is 21.3 Å². The summed E-state index contributed by atoms with van der Waals surface area (Å²) in [6.45, 7) is 5.62. The van der Waals surface area contributed by atoms with Crippen LogP contribution in [0.4, 0.5) is 0 Å². The largest absolute Gasteiger partial charge is 0.438 e. The van der Waals surface area contributed by atoms with Crippen LogP contribution in [0.15, 0.2) is 51.3 Å². The molecule has 0 aromatic carbocycles. The third kappa shape index (κ3) is 3.86. The molecule has 0 saturated carbocycles. The quantitative estimate of drug-likeness (QED) is 0.569. The zero-order valence-electron chi connectivity index (χ0n) is 15.7. The van der Waals surface area contributed by atoms with Gasteiger partial charge >= 0.3 is 0 Å². The molecule has 0 aromatic rings. The van der Waals surface area contributed by atoms with Crippen LogP contribution in [0.1, 0.15) is 32.6 Å². The molecule has 27 heavy (non-hydrogen) atoms. The Morgan fingerprint density at radius 2 is 2.22 bits per heavy atom. The van der Waals surface area contributed by atoms with E-state index in [2.05, 4.69) is 38.4 Å². The van der Waals surface area contributed by atoms with Crippen LogP contribution in [0.25, 0.3) is 0 Å². The normalized spacial score (nSPS) is 24.4. The summed E-state index contributed by atoms with van der Waals surface area (Å²) < 4.78 is 5.91. The van der Waals surface area contributed by atoms with Gasteiger partial charge in [0.2, 0.25) is 5.88 Å². The summed E-state index contributed by atoms with van der Waals surface area (Å²) >= 11 is 0. The van der Waals surface area contributed by atoms with E-state index in [-0.39, 0.29) is 0 Å². The highest BCUT2D eigenvalue weighted by Crippen LogP contribution is 2.30. The zero-order valence-corrected chi connectivity index (χ0v) is 15.7. The third-order valence-electron chi connectivity index (χ3n) is 5.35. The molecule has 0 unspecified atom stereocenters. The Kier molecular flexibility index (Phi) is 5.16. The molecular formula is C20H26N6O. The van der Waals surface area contributed by atoms with Gasteiger partial charge < -0.3 is 26.0 Å². The van der Waals surface area contributed by atoms with Crippen LogP contribution in [0.5, 0.6) is 0 Å². The molecule has 3 heterocycles. The number of hydrogen-bond donors (Lipinski definition) is 4. The Bertz CT molecular complexity index is 805. The number of nitrogens with one attached hydrogen (secondary N) is 4. The molecule has 1 saturated heterocycles. The van der Waals surface area contributed by atoms with Crippen molar-refractivity contribution >= 4 is 5.96 Å². The van der Waals surface area contributed by atoms with Crippen LogP contribution in [0, 0.1) is 17.2 Å². The van der Waals surface area contributed by atoms with Crippen molar-refractivity contribution in [3.63, 3.8) is 0 Å². The number of piperidine rings is 1. The van der Waals surface area contributed by atoms with Crippen LogP contribution < -0.4 is 21.3 Å². The molecule has 7 nitrogen and oxygen atoms in total. The maximum Gasteiger partial charge on any atom is 0.217 e. The summed E-state index contributed by atoms with van der Waals surface area (Å²) in [5.74, 6) is 2.71. The molecular weight excluding hydrogens is 340 g/mol. The molecule has 4 aliphatic rings. The lowest BCUT2D eigenvalue weighted by Gasteiger charge is -2.26. The maximum absolute atomic E-state index is 9.80. The number of guanidine groups is 1. The first-order valence-electron chi connectivity index (χ1n) is 9.69. The summed E-state index contributed by atoms with van der Waals surface area (Å²) in [6.07, 6.45) is 8.31. The molecule has 7 heteroatoms. The lowest BCUT2D eigenvalue weighted by atomic mass is 9.98. The second kappa shape index (κ2) is 7.89. The number of allylic oxidation sites excluding steroid dienone is 4. The van der Waals surface area contributed by atoms with Crippen molar-refractivity contribution in [2.45, 2.75) is 32.6 Å². The van der Waals surface area contributed by atoms with E-state index in [1.54, 1.807) is 0 Å². The minimum Gasteiger partial charge on any atom is -0.438 e. The fourth-order valence-corrected chi connectivity index (χ4v) is 3.71. The van der Waals surface area contributed by atoms with Crippen LogP contribution >= 0.6 is 0 Å². The fraction of sp³-hybridized carbons (Fsp3) is 0.500. The van der Waals surface area contributed by atoms with Crippen LogP contribution in [0.2, 0.25) is 0 Å². The lowest BCUT2D eigenvalue weighted by molar-refractivity contribution is 0.325. The number of nitriles is 1. The van der Waals surface area contributed by atoms with E-state index in [1.807, 2.05) is 13.0 Å². The Hall–Kier alpha value is -2.72. The zero-order chi connectivity index (χ0) is 18.6. The molecule has 1 aliphatic carbocycles. The molecule has 4 rings (SSSR count). The number of hydrogen-bond acceptors (Lipinski definition) is 7. The van der Waals surface area contributed by atoms with Gasteiger partial charge in [0.1, 0.15) is 17.4 Å². The predicted molar refractivity (Wildman–Crippen MR) is 104 cm³/mol. The van der Waals surface area contributed by atoms with E-state index in [0.29, 0.717) is 23.9 Å². The summed E-state index contributed by atoms with van der Waals surface area (Å²) in [7, 11) is 0. The van der Waals surface area contributed by atoms with Crippen molar-refractivity contribution in [3.8, 4) is 6.07 Å². The standard InChI is InChI=1S/C20H26N6O/c1-13-11-23-20(24-12-14-6-8-22-9-7-14)26-18(13)15(10-21)19-25-16-4-2-3-5-17(16)27-19/h3,5,14,22,25H,2,4,6-9,11-12H2,1H3,(H2,23,24,26)/b19-15-. The van der Waals surface area contributed by atoms with E-state index in [0.717, 1.165) is 61.2 Å². The van der Waals surface area contributed by atoms with E-state index >= 15 is 0 Å². The smallest absolute Gasteiger partial charge is 0.217 e. The summed E-state index contributed by atoms with van der Waals surface area (Å²) in [6, 6.07) is 2.31. The van der Waals surface area contributed by atoms with Crippen LogP contribution in [-0.4, -0.2) is 32.1 Å². The molecule has 142 valence electrons.